The lowest BCUT2D eigenvalue weighted by molar-refractivity contribution is 0.0997. The Labute approximate surface area is 210 Å². The maximum Gasteiger partial charge on any atom is 0.279 e. The first-order valence-electron chi connectivity index (χ1n) is 11.7. The number of fused-ring (bicyclic) bond motifs is 1. The number of amides is 1. The van der Waals surface area contributed by atoms with Crippen LogP contribution < -0.4 is 4.80 Å². The van der Waals surface area contributed by atoms with Crippen LogP contribution in [0.3, 0.4) is 0 Å². The van der Waals surface area contributed by atoms with Gasteiger partial charge in [0.15, 0.2) is 4.80 Å². The van der Waals surface area contributed by atoms with E-state index in [0.717, 1.165) is 34.3 Å². The zero-order valence-corrected chi connectivity index (χ0v) is 21.8. The number of nitrogens with zero attached hydrogens (tertiary/aromatic N) is 3. The van der Waals surface area contributed by atoms with Crippen molar-refractivity contribution in [3.05, 3.63) is 94.3 Å². The van der Waals surface area contributed by atoms with E-state index >= 15 is 0 Å². The molecule has 0 unspecified atom stereocenters. The summed E-state index contributed by atoms with van der Waals surface area (Å²) in [6, 6.07) is 21.8. The van der Waals surface area contributed by atoms with Crippen LogP contribution in [0.5, 0.6) is 0 Å². The number of carbonyl (C=O) groups is 1. The van der Waals surface area contributed by atoms with Crippen molar-refractivity contribution in [3.63, 3.8) is 0 Å². The van der Waals surface area contributed by atoms with E-state index in [-0.39, 0.29) is 4.90 Å². The SMILES string of the molecule is CCCn1c(=NC(=O)c2ccc(S(=O)(=O)N(CC)Cc3ccccc3)cc2)sc2cc(C)ccc21. The third-order valence-corrected chi connectivity index (χ3v) is 8.75. The molecule has 0 saturated heterocycles. The minimum Gasteiger partial charge on any atom is -0.316 e. The van der Waals surface area contributed by atoms with Crippen LogP contribution >= 0.6 is 11.3 Å². The maximum atomic E-state index is 13.2. The first kappa shape index (κ1) is 25.0. The topological polar surface area (TPSA) is 71.7 Å². The van der Waals surface area contributed by atoms with Crippen molar-refractivity contribution in [2.24, 2.45) is 4.99 Å². The number of aromatic nitrogens is 1. The molecule has 0 N–H and O–H groups in total. The van der Waals surface area contributed by atoms with Gasteiger partial charge in [-0.2, -0.15) is 9.30 Å². The molecule has 1 amide bonds. The fraction of sp³-hybridized carbons (Fsp3) is 0.259. The van der Waals surface area contributed by atoms with Gasteiger partial charge < -0.3 is 4.57 Å². The normalized spacial score (nSPS) is 12.5. The number of aryl methyl sites for hydroxylation is 2. The Morgan fingerprint density at radius 3 is 2.37 bits per heavy atom. The van der Waals surface area contributed by atoms with E-state index in [2.05, 4.69) is 34.7 Å². The molecule has 0 saturated carbocycles. The van der Waals surface area contributed by atoms with Gasteiger partial charge in [0.2, 0.25) is 10.0 Å². The second-order valence-corrected chi connectivity index (χ2v) is 11.3. The van der Waals surface area contributed by atoms with Gasteiger partial charge in [-0.15, -0.1) is 0 Å². The fourth-order valence-electron chi connectivity index (χ4n) is 3.93. The highest BCUT2D eigenvalue weighted by molar-refractivity contribution is 7.89. The van der Waals surface area contributed by atoms with E-state index in [1.165, 1.54) is 39.9 Å². The molecular formula is C27H29N3O3S2. The summed E-state index contributed by atoms with van der Waals surface area (Å²) in [5.41, 5.74) is 3.49. The van der Waals surface area contributed by atoms with E-state index in [0.29, 0.717) is 23.5 Å². The number of sulfonamides is 1. The molecule has 0 radical (unpaired) electrons. The van der Waals surface area contributed by atoms with Crippen molar-refractivity contribution in [2.45, 2.75) is 45.2 Å². The predicted molar refractivity (Wildman–Crippen MR) is 141 cm³/mol. The van der Waals surface area contributed by atoms with Crippen LogP contribution in [-0.2, 0) is 23.1 Å². The van der Waals surface area contributed by atoms with Gasteiger partial charge in [-0.05, 0) is 60.9 Å². The summed E-state index contributed by atoms with van der Waals surface area (Å²) in [5.74, 6) is -0.390. The predicted octanol–water partition coefficient (Wildman–Crippen LogP) is 5.37. The summed E-state index contributed by atoms with van der Waals surface area (Å²) in [6.45, 7) is 7.35. The van der Waals surface area contributed by atoms with E-state index in [1.54, 1.807) is 0 Å². The van der Waals surface area contributed by atoms with Gasteiger partial charge in [0.25, 0.3) is 5.91 Å². The molecule has 0 bridgehead atoms. The van der Waals surface area contributed by atoms with Crippen LogP contribution in [0.25, 0.3) is 10.2 Å². The highest BCUT2D eigenvalue weighted by Crippen LogP contribution is 2.21. The monoisotopic (exact) mass is 507 g/mol. The van der Waals surface area contributed by atoms with Crippen LogP contribution in [0.2, 0.25) is 0 Å². The smallest absolute Gasteiger partial charge is 0.279 e. The highest BCUT2D eigenvalue weighted by Gasteiger charge is 2.23. The van der Waals surface area contributed by atoms with Gasteiger partial charge in [-0.1, -0.05) is 61.6 Å². The molecule has 182 valence electrons. The number of thiazole rings is 1. The lowest BCUT2D eigenvalue weighted by Gasteiger charge is -2.20. The molecule has 3 aromatic carbocycles. The van der Waals surface area contributed by atoms with Gasteiger partial charge in [0.1, 0.15) is 0 Å². The Kier molecular flexibility index (Phi) is 7.64. The molecule has 0 aliphatic rings. The van der Waals surface area contributed by atoms with Crippen molar-refractivity contribution >= 4 is 37.5 Å². The molecule has 4 rings (SSSR count). The van der Waals surface area contributed by atoms with Crippen LogP contribution in [0.15, 0.2) is 82.7 Å². The standard InChI is InChI=1S/C27H29N3O3S2/c1-4-17-30-24-16-11-20(3)18-25(24)34-27(30)28-26(31)22-12-14-23(15-13-22)35(32,33)29(5-2)19-21-9-7-6-8-10-21/h6-16,18H,4-5,17,19H2,1-3H3. The average molecular weight is 508 g/mol. The molecule has 8 heteroatoms. The molecular weight excluding hydrogens is 478 g/mol. The van der Waals surface area contributed by atoms with E-state index in [4.69, 9.17) is 0 Å². The molecule has 35 heavy (non-hydrogen) atoms. The Hall–Kier alpha value is -3.07. The third kappa shape index (κ3) is 5.45. The average Bonchev–Trinajstić information content (AvgIpc) is 3.19. The van der Waals surface area contributed by atoms with Gasteiger partial charge in [0.05, 0.1) is 15.1 Å². The Bertz CT molecular complexity index is 1500. The maximum absolute atomic E-state index is 13.2. The van der Waals surface area contributed by atoms with E-state index < -0.39 is 15.9 Å². The van der Waals surface area contributed by atoms with Crippen molar-refractivity contribution < 1.29 is 13.2 Å². The summed E-state index contributed by atoms with van der Waals surface area (Å²) < 4.78 is 31.0. The minimum atomic E-state index is -3.70. The summed E-state index contributed by atoms with van der Waals surface area (Å²) in [7, 11) is -3.70. The number of hydrogen-bond donors (Lipinski definition) is 0. The number of benzene rings is 3. The van der Waals surface area contributed by atoms with Crippen molar-refractivity contribution in [1.29, 1.82) is 0 Å². The van der Waals surface area contributed by atoms with Crippen molar-refractivity contribution in [3.8, 4) is 0 Å². The Balaban J connectivity index is 1.62. The van der Waals surface area contributed by atoms with E-state index in [9.17, 15) is 13.2 Å². The molecule has 0 aliphatic carbocycles. The van der Waals surface area contributed by atoms with Crippen LogP contribution in [0.4, 0.5) is 0 Å². The van der Waals surface area contributed by atoms with Gasteiger partial charge in [-0.3, -0.25) is 4.79 Å². The highest BCUT2D eigenvalue weighted by atomic mass is 32.2. The second kappa shape index (κ2) is 10.7. The molecule has 4 aromatic rings. The zero-order chi connectivity index (χ0) is 25.0. The zero-order valence-electron chi connectivity index (χ0n) is 20.1. The number of rotatable bonds is 8. The number of carbonyl (C=O) groups excluding carboxylic acids is 1. The first-order chi connectivity index (χ1) is 16.8. The summed E-state index contributed by atoms with van der Waals surface area (Å²) in [5, 5.41) is 0. The van der Waals surface area contributed by atoms with E-state index in [1.807, 2.05) is 44.2 Å². The third-order valence-electron chi connectivity index (χ3n) is 5.78. The first-order valence-corrected chi connectivity index (χ1v) is 13.9. The lowest BCUT2D eigenvalue weighted by atomic mass is 10.2. The van der Waals surface area contributed by atoms with Gasteiger partial charge in [-0.25, -0.2) is 8.42 Å². The minimum absolute atomic E-state index is 0.158. The molecule has 0 atom stereocenters. The van der Waals surface area contributed by atoms with Crippen LogP contribution in [0, 0.1) is 6.92 Å². The molecule has 1 heterocycles. The molecule has 0 spiro atoms. The Morgan fingerprint density at radius 2 is 1.71 bits per heavy atom. The lowest BCUT2D eigenvalue weighted by Crippen LogP contribution is -2.30. The van der Waals surface area contributed by atoms with Gasteiger partial charge >= 0.3 is 0 Å². The van der Waals surface area contributed by atoms with Crippen LogP contribution in [-0.4, -0.2) is 29.7 Å². The summed E-state index contributed by atoms with van der Waals surface area (Å²) >= 11 is 1.49. The summed E-state index contributed by atoms with van der Waals surface area (Å²) in [4.78, 5) is 18.2. The summed E-state index contributed by atoms with van der Waals surface area (Å²) in [6.07, 6.45) is 0.921. The fourth-order valence-corrected chi connectivity index (χ4v) is 6.52. The van der Waals surface area contributed by atoms with Crippen molar-refractivity contribution in [2.75, 3.05) is 6.54 Å². The quantitative estimate of drug-likeness (QED) is 0.322. The molecule has 6 nitrogen and oxygen atoms in total. The van der Waals surface area contributed by atoms with Crippen LogP contribution in [0.1, 0.15) is 41.8 Å². The Morgan fingerprint density at radius 1 is 1.00 bits per heavy atom. The van der Waals surface area contributed by atoms with Gasteiger partial charge in [0, 0.05) is 25.2 Å². The number of hydrogen-bond acceptors (Lipinski definition) is 4. The molecule has 0 aliphatic heterocycles. The molecule has 0 fully saturated rings. The second-order valence-electron chi connectivity index (χ2n) is 8.37. The largest absolute Gasteiger partial charge is 0.316 e. The van der Waals surface area contributed by atoms with Crippen molar-refractivity contribution in [1.82, 2.24) is 8.87 Å². The molecule has 1 aromatic heterocycles.